The minimum absolute atomic E-state index is 0.288. The third-order valence-electron chi connectivity index (χ3n) is 4.33. The number of fused-ring (bicyclic) bond motifs is 1. The maximum Gasteiger partial charge on any atom is 0.349 e. The number of carboxylic acid groups (broad SMARTS) is 1. The molecule has 1 atom stereocenters. The average molecular weight is 410 g/mol. The lowest BCUT2D eigenvalue weighted by molar-refractivity contribution is -0.145. The van der Waals surface area contributed by atoms with Crippen LogP contribution in [0.2, 0.25) is 5.02 Å². The fourth-order valence-corrected chi connectivity index (χ4v) is 3.12. The van der Waals surface area contributed by atoms with Gasteiger partial charge in [0, 0.05) is 10.6 Å². The van der Waals surface area contributed by atoms with E-state index in [9.17, 15) is 9.90 Å². The van der Waals surface area contributed by atoms with E-state index in [4.69, 9.17) is 25.5 Å². The Balaban J connectivity index is 1.76. The second-order valence-electron chi connectivity index (χ2n) is 6.24. The van der Waals surface area contributed by atoms with E-state index >= 15 is 0 Å². The van der Waals surface area contributed by atoms with Gasteiger partial charge < -0.3 is 19.0 Å². The summed E-state index contributed by atoms with van der Waals surface area (Å²) in [7, 11) is 1.51. The summed E-state index contributed by atoms with van der Waals surface area (Å²) in [6.45, 7) is 0. The molecule has 4 rings (SSSR count). The van der Waals surface area contributed by atoms with Crippen LogP contribution in [0.25, 0.3) is 22.6 Å². The van der Waals surface area contributed by atoms with Gasteiger partial charge in [-0.1, -0.05) is 35.9 Å². The van der Waals surface area contributed by atoms with Gasteiger partial charge in [-0.15, -0.1) is 0 Å². The van der Waals surface area contributed by atoms with Crippen molar-refractivity contribution in [1.29, 1.82) is 0 Å². The van der Waals surface area contributed by atoms with Crippen LogP contribution < -0.4 is 9.47 Å². The van der Waals surface area contributed by atoms with E-state index in [0.717, 1.165) is 0 Å². The molecule has 0 aliphatic carbocycles. The molecular formula is C22H16ClNO5. The first-order valence-electron chi connectivity index (χ1n) is 8.74. The molecule has 0 saturated carbocycles. The van der Waals surface area contributed by atoms with Crippen molar-refractivity contribution in [2.24, 2.45) is 0 Å². The Morgan fingerprint density at radius 2 is 1.93 bits per heavy atom. The second-order valence-corrected chi connectivity index (χ2v) is 6.68. The topological polar surface area (TPSA) is 81.8 Å². The Morgan fingerprint density at radius 1 is 1.10 bits per heavy atom. The SMILES string of the molecule is COc1cccc(C(Oc2ccc(Cl)cc2-c2nc3ccccc3o2)C(=O)O)c1. The number of ether oxygens (including phenoxy) is 2. The highest BCUT2D eigenvalue weighted by atomic mass is 35.5. The first-order valence-corrected chi connectivity index (χ1v) is 9.12. The van der Waals surface area contributed by atoms with Crippen LogP contribution in [0.5, 0.6) is 11.5 Å². The summed E-state index contributed by atoms with van der Waals surface area (Å²) < 4.78 is 16.9. The van der Waals surface area contributed by atoms with Gasteiger partial charge in [0.1, 0.15) is 17.0 Å². The molecule has 1 N–H and O–H groups in total. The fraction of sp³-hybridized carbons (Fsp3) is 0.0909. The van der Waals surface area contributed by atoms with E-state index in [2.05, 4.69) is 4.98 Å². The molecule has 4 aromatic rings. The maximum absolute atomic E-state index is 11.9. The Bertz CT molecular complexity index is 1150. The minimum atomic E-state index is -1.26. The van der Waals surface area contributed by atoms with Crippen molar-refractivity contribution in [3.05, 3.63) is 77.3 Å². The van der Waals surface area contributed by atoms with Crippen molar-refractivity contribution in [3.8, 4) is 23.0 Å². The van der Waals surface area contributed by atoms with Gasteiger partial charge in [-0.3, -0.25) is 0 Å². The minimum Gasteiger partial charge on any atom is -0.497 e. The van der Waals surface area contributed by atoms with E-state index in [1.165, 1.54) is 7.11 Å². The molecule has 0 saturated heterocycles. The van der Waals surface area contributed by atoms with Crippen LogP contribution in [0.1, 0.15) is 11.7 Å². The van der Waals surface area contributed by atoms with E-state index < -0.39 is 12.1 Å². The molecule has 0 amide bonds. The number of benzene rings is 3. The predicted octanol–water partition coefficient (Wildman–Crippen LogP) is 5.36. The molecule has 29 heavy (non-hydrogen) atoms. The summed E-state index contributed by atoms with van der Waals surface area (Å²) in [4.78, 5) is 16.4. The van der Waals surface area contributed by atoms with Crippen LogP contribution in [0.15, 0.2) is 71.1 Å². The number of oxazole rings is 1. The van der Waals surface area contributed by atoms with Gasteiger partial charge in [-0.05, 0) is 42.5 Å². The lowest BCUT2D eigenvalue weighted by Crippen LogP contribution is -2.18. The zero-order valence-electron chi connectivity index (χ0n) is 15.3. The molecule has 1 aromatic heterocycles. The summed E-state index contributed by atoms with van der Waals surface area (Å²) in [5.41, 5.74) is 2.19. The Labute approximate surface area is 171 Å². The molecule has 146 valence electrons. The number of rotatable bonds is 6. The first kappa shape index (κ1) is 18.8. The average Bonchev–Trinajstić information content (AvgIpc) is 3.16. The zero-order chi connectivity index (χ0) is 20.4. The zero-order valence-corrected chi connectivity index (χ0v) is 16.1. The van der Waals surface area contributed by atoms with E-state index in [0.29, 0.717) is 38.9 Å². The first-order chi connectivity index (χ1) is 14.0. The number of hydrogen-bond donors (Lipinski definition) is 1. The molecule has 3 aromatic carbocycles. The lowest BCUT2D eigenvalue weighted by Gasteiger charge is -2.18. The molecule has 1 heterocycles. The molecule has 7 heteroatoms. The van der Waals surface area contributed by atoms with E-state index in [1.54, 1.807) is 48.5 Å². The second kappa shape index (κ2) is 7.85. The van der Waals surface area contributed by atoms with Gasteiger partial charge in [0.2, 0.25) is 12.0 Å². The van der Waals surface area contributed by atoms with Crippen molar-refractivity contribution < 1.29 is 23.8 Å². The normalized spacial score (nSPS) is 11.9. The molecule has 0 radical (unpaired) electrons. The molecule has 1 unspecified atom stereocenters. The van der Waals surface area contributed by atoms with Crippen molar-refractivity contribution in [2.75, 3.05) is 7.11 Å². The molecule has 0 spiro atoms. The smallest absolute Gasteiger partial charge is 0.349 e. The predicted molar refractivity (Wildman–Crippen MR) is 108 cm³/mol. The Kier molecular flexibility index (Phi) is 5.10. The molecule has 0 fully saturated rings. The molecule has 0 bridgehead atoms. The van der Waals surface area contributed by atoms with Crippen molar-refractivity contribution in [1.82, 2.24) is 4.98 Å². The van der Waals surface area contributed by atoms with Gasteiger partial charge in [-0.25, -0.2) is 9.78 Å². The standard InChI is InChI=1S/C22H16ClNO5/c1-27-15-6-4-5-13(11-15)20(22(25)26)28-18-10-9-14(23)12-16(18)21-24-17-7-2-3-8-19(17)29-21/h2-12,20H,1H3,(H,25,26). The largest absolute Gasteiger partial charge is 0.497 e. The van der Waals surface area contributed by atoms with Gasteiger partial charge in [0.15, 0.2) is 5.58 Å². The van der Waals surface area contributed by atoms with Gasteiger partial charge >= 0.3 is 5.97 Å². The lowest BCUT2D eigenvalue weighted by atomic mass is 10.1. The third-order valence-corrected chi connectivity index (χ3v) is 4.57. The number of halogens is 1. The van der Waals surface area contributed by atoms with Gasteiger partial charge in [0.05, 0.1) is 12.7 Å². The van der Waals surface area contributed by atoms with Crippen molar-refractivity contribution >= 4 is 28.7 Å². The number of aliphatic carboxylic acids is 1. The summed E-state index contributed by atoms with van der Waals surface area (Å²) in [5, 5.41) is 10.2. The number of para-hydroxylation sites is 2. The van der Waals surface area contributed by atoms with Crippen LogP contribution in [-0.2, 0) is 4.79 Å². The molecular weight excluding hydrogens is 394 g/mol. The van der Waals surface area contributed by atoms with Crippen LogP contribution in [0.4, 0.5) is 0 Å². The van der Waals surface area contributed by atoms with Crippen LogP contribution >= 0.6 is 11.6 Å². The highest BCUT2D eigenvalue weighted by Gasteiger charge is 2.25. The van der Waals surface area contributed by atoms with E-state index in [1.807, 2.05) is 18.2 Å². The number of carbonyl (C=O) groups is 1. The fourth-order valence-electron chi connectivity index (χ4n) is 2.95. The molecule has 6 nitrogen and oxygen atoms in total. The summed E-state index contributed by atoms with van der Waals surface area (Å²) >= 11 is 6.16. The van der Waals surface area contributed by atoms with Gasteiger partial charge in [-0.2, -0.15) is 0 Å². The number of methoxy groups -OCH3 is 1. The van der Waals surface area contributed by atoms with Crippen molar-refractivity contribution in [2.45, 2.75) is 6.10 Å². The quantitative estimate of drug-likeness (QED) is 0.461. The number of aromatic nitrogens is 1. The maximum atomic E-state index is 11.9. The van der Waals surface area contributed by atoms with Crippen LogP contribution in [0, 0.1) is 0 Å². The highest BCUT2D eigenvalue weighted by molar-refractivity contribution is 6.30. The Morgan fingerprint density at radius 3 is 2.69 bits per heavy atom. The van der Waals surface area contributed by atoms with Crippen molar-refractivity contribution in [3.63, 3.8) is 0 Å². The molecule has 0 aliphatic rings. The molecule has 0 aliphatic heterocycles. The number of carboxylic acids is 1. The number of hydrogen-bond acceptors (Lipinski definition) is 5. The third kappa shape index (κ3) is 3.88. The summed E-state index contributed by atoms with van der Waals surface area (Å²) in [5.74, 6) is -0.0287. The van der Waals surface area contributed by atoms with Gasteiger partial charge in [0.25, 0.3) is 0 Å². The van der Waals surface area contributed by atoms with Crippen LogP contribution in [0.3, 0.4) is 0 Å². The summed E-state index contributed by atoms with van der Waals surface area (Å²) in [6.07, 6.45) is -1.26. The van der Waals surface area contributed by atoms with E-state index in [-0.39, 0.29) is 5.75 Å². The number of nitrogens with zero attached hydrogens (tertiary/aromatic N) is 1. The monoisotopic (exact) mass is 409 g/mol. The highest BCUT2D eigenvalue weighted by Crippen LogP contribution is 2.36. The Hall–Kier alpha value is -3.51. The van der Waals surface area contributed by atoms with Crippen LogP contribution in [-0.4, -0.2) is 23.2 Å². The summed E-state index contributed by atoms with van der Waals surface area (Å²) in [6, 6.07) is 18.9.